The summed E-state index contributed by atoms with van der Waals surface area (Å²) in [5, 5.41) is 3.36. The lowest BCUT2D eigenvalue weighted by Gasteiger charge is -2.21. The number of aliphatic imine (C=N–C) groups is 1. The summed E-state index contributed by atoms with van der Waals surface area (Å²) in [5.41, 5.74) is 3.18. The number of aromatic amines is 1. The summed E-state index contributed by atoms with van der Waals surface area (Å²) in [6.45, 7) is 5.21. The lowest BCUT2D eigenvalue weighted by molar-refractivity contribution is 0.232. The SMILES string of the molecule is CN=C(NCc1ccc(OC(C)C)nc1)N(C)Cc1ncc(-c2ccccc2)[nH]1. The molecule has 29 heavy (non-hydrogen) atoms. The predicted octanol–water partition coefficient (Wildman–Crippen LogP) is 3.47. The van der Waals surface area contributed by atoms with E-state index >= 15 is 0 Å². The van der Waals surface area contributed by atoms with Crippen LogP contribution in [0.4, 0.5) is 0 Å². The highest BCUT2D eigenvalue weighted by atomic mass is 16.5. The summed E-state index contributed by atoms with van der Waals surface area (Å²) >= 11 is 0. The molecule has 0 fully saturated rings. The highest BCUT2D eigenvalue weighted by Crippen LogP contribution is 2.16. The fraction of sp³-hybridized carbons (Fsp3) is 0.318. The Morgan fingerprint density at radius 3 is 2.59 bits per heavy atom. The van der Waals surface area contributed by atoms with Gasteiger partial charge in [0.25, 0.3) is 0 Å². The Labute approximate surface area is 171 Å². The zero-order valence-corrected chi connectivity index (χ0v) is 17.4. The third kappa shape index (κ3) is 5.81. The van der Waals surface area contributed by atoms with Crippen molar-refractivity contribution in [2.75, 3.05) is 14.1 Å². The maximum absolute atomic E-state index is 5.58. The first-order valence-corrected chi connectivity index (χ1v) is 9.68. The van der Waals surface area contributed by atoms with E-state index in [9.17, 15) is 0 Å². The maximum atomic E-state index is 5.58. The molecule has 152 valence electrons. The highest BCUT2D eigenvalue weighted by molar-refractivity contribution is 5.79. The zero-order chi connectivity index (χ0) is 20.6. The summed E-state index contributed by atoms with van der Waals surface area (Å²) < 4.78 is 5.58. The summed E-state index contributed by atoms with van der Waals surface area (Å²) in [6.07, 6.45) is 3.79. The molecule has 0 unspecified atom stereocenters. The zero-order valence-electron chi connectivity index (χ0n) is 17.4. The van der Waals surface area contributed by atoms with Crippen molar-refractivity contribution in [1.82, 2.24) is 25.2 Å². The van der Waals surface area contributed by atoms with E-state index < -0.39 is 0 Å². The molecule has 0 atom stereocenters. The van der Waals surface area contributed by atoms with Crippen LogP contribution >= 0.6 is 0 Å². The molecule has 1 aromatic carbocycles. The van der Waals surface area contributed by atoms with Gasteiger partial charge in [-0.25, -0.2) is 9.97 Å². The third-order valence-corrected chi connectivity index (χ3v) is 4.28. The fourth-order valence-corrected chi connectivity index (χ4v) is 2.90. The highest BCUT2D eigenvalue weighted by Gasteiger charge is 2.10. The van der Waals surface area contributed by atoms with Gasteiger partial charge in [0.05, 0.1) is 24.5 Å². The molecule has 0 radical (unpaired) electrons. The van der Waals surface area contributed by atoms with Crippen molar-refractivity contribution >= 4 is 5.96 Å². The monoisotopic (exact) mass is 392 g/mol. The van der Waals surface area contributed by atoms with Gasteiger partial charge in [0.2, 0.25) is 5.88 Å². The Morgan fingerprint density at radius 1 is 1.14 bits per heavy atom. The molecular formula is C22H28N6O. The third-order valence-electron chi connectivity index (χ3n) is 4.28. The number of nitrogens with zero attached hydrogens (tertiary/aromatic N) is 4. The number of hydrogen-bond acceptors (Lipinski definition) is 4. The number of ether oxygens (including phenoxy) is 1. The molecule has 0 aliphatic carbocycles. The van der Waals surface area contributed by atoms with E-state index in [4.69, 9.17) is 4.74 Å². The van der Waals surface area contributed by atoms with Gasteiger partial charge in [0.1, 0.15) is 5.82 Å². The smallest absolute Gasteiger partial charge is 0.213 e. The van der Waals surface area contributed by atoms with E-state index in [1.165, 1.54) is 0 Å². The number of H-pyrrole nitrogens is 1. The molecule has 0 saturated carbocycles. The minimum absolute atomic E-state index is 0.114. The standard InChI is InChI=1S/C22H28N6O/c1-16(2)29-21-11-10-17(12-25-21)13-26-22(23-3)28(4)15-20-24-14-19(27-20)18-8-6-5-7-9-18/h5-12,14,16H,13,15H2,1-4H3,(H,23,26)(H,24,27). The van der Waals surface area contributed by atoms with Crippen LogP contribution in [-0.2, 0) is 13.1 Å². The van der Waals surface area contributed by atoms with Crippen molar-refractivity contribution < 1.29 is 4.74 Å². The van der Waals surface area contributed by atoms with Gasteiger partial charge in [0.15, 0.2) is 5.96 Å². The second-order valence-electron chi connectivity index (χ2n) is 7.04. The predicted molar refractivity (Wildman–Crippen MR) is 116 cm³/mol. The van der Waals surface area contributed by atoms with Crippen molar-refractivity contribution in [2.24, 2.45) is 4.99 Å². The van der Waals surface area contributed by atoms with Gasteiger partial charge < -0.3 is 19.9 Å². The van der Waals surface area contributed by atoms with Crippen molar-refractivity contribution in [3.63, 3.8) is 0 Å². The van der Waals surface area contributed by atoms with E-state index in [2.05, 4.69) is 37.4 Å². The molecular weight excluding hydrogens is 364 g/mol. The van der Waals surface area contributed by atoms with Crippen LogP contribution in [-0.4, -0.2) is 46.0 Å². The van der Waals surface area contributed by atoms with Crippen LogP contribution in [0.15, 0.2) is 59.9 Å². The first-order valence-electron chi connectivity index (χ1n) is 9.68. The Kier molecular flexibility index (Phi) is 6.84. The fourth-order valence-electron chi connectivity index (χ4n) is 2.90. The van der Waals surface area contributed by atoms with Crippen molar-refractivity contribution in [3.8, 4) is 17.1 Å². The molecule has 3 rings (SSSR count). The number of pyridine rings is 1. The van der Waals surface area contributed by atoms with Crippen LogP contribution in [0.1, 0.15) is 25.2 Å². The average molecular weight is 393 g/mol. The van der Waals surface area contributed by atoms with E-state index in [1.54, 1.807) is 7.05 Å². The molecule has 7 heteroatoms. The minimum atomic E-state index is 0.114. The lowest BCUT2D eigenvalue weighted by Crippen LogP contribution is -2.38. The summed E-state index contributed by atoms with van der Waals surface area (Å²) in [6, 6.07) is 14.1. The molecule has 0 aliphatic heterocycles. The van der Waals surface area contributed by atoms with Gasteiger partial charge in [-0.3, -0.25) is 4.99 Å². The van der Waals surface area contributed by atoms with Gasteiger partial charge in [-0.05, 0) is 25.0 Å². The topological polar surface area (TPSA) is 78.4 Å². The van der Waals surface area contributed by atoms with Gasteiger partial charge in [-0.1, -0.05) is 36.4 Å². The number of nitrogens with one attached hydrogen (secondary N) is 2. The molecule has 2 aromatic heterocycles. The molecule has 2 N–H and O–H groups in total. The van der Waals surface area contributed by atoms with Gasteiger partial charge >= 0.3 is 0 Å². The molecule has 0 bridgehead atoms. The van der Waals surface area contributed by atoms with E-state index in [1.807, 2.05) is 68.5 Å². The first-order chi connectivity index (χ1) is 14.0. The number of guanidine groups is 1. The van der Waals surface area contributed by atoms with Crippen LogP contribution in [0.2, 0.25) is 0 Å². The van der Waals surface area contributed by atoms with Gasteiger partial charge in [-0.2, -0.15) is 0 Å². The van der Waals surface area contributed by atoms with E-state index in [-0.39, 0.29) is 6.10 Å². The maximum Gasteiger partial charge on any atom is 0.213 e. The normalized spacial score (nSPS) is 11.6. The van der Waals surface area contributed by atoms with Crippen LogP contribution in [0.5, 0.6) is 5.88 Å². The Bertz CT molecular complexity index is 918. The molecule has 7 nitrogen and oxygen atoms in total. The van der Waals surface area contributed by atoms with Crippen LogP contribution in [0.25, 0.3) is 11.3 Å². The van der Waals surface area contributed by atoms with Crippen molar-refractivity contribution in [2.45, 2.75) is 33.0 Å². The number of aromatic nitrogens is 3. The molecule has 0 spiro atoms. The Balaban J connectivity index is 1.55. The van der Waals surface area contributed by atoms with Crippen molar-refractivity contribution in [3.05, 3.63) is 66.2 Å². The molecule has 3 aromatic rings. The lowest BCUT2D eigenvalue weighted by atomic mass is 10.2. The second kappa shape index (κ2) is 9.73. The summed E-state index contributed by atoms with van der Waals surface area (Å²) in [5.74, 6) is 2.30. The summed E-state index contributed by atoms with van der Waals surface area (Å²) in [7, 11) is 3.76. The van der Waals surface area contributed by atoms with Crippen LogP contribution < -0.4 is 10.1 Å². The van der Waals surface area contributed by atoms with E-state index in [0.717, 1.165) is 28.6 Å². The van der Waals surface area contributed by atoms with Crippen LogP contribution in [0.3, 0.4) is 0 Å². The summed E-state index contributed by atoms with van der Waals surface area (Å²) in [4.78, 5) is 18.6. The van der Waals surface area contributed by atoms with Crippen LogP contribution in [0, 0.1) is 0 Å². The molecule has 0 aliphatic rings. The number of imidazole rings is 1. The van der Waals surface area contributed by atoms with E-state index in [0.29, 0.717) is 19.0 Å². The largest absolute Gasteiger partial charge is 0.475 e. The number of hydrogen-bond donors (Lipinski definition) is 2. The quantitative estimate of drug-likeness (QED) is 0.475. The molecule has 2 heterocycles. The number of rotatable bonds is 7. The average Bonchev–Trinajstić information content (AvgIpc) is 3.18. The molecule has 0 amide bonds. The number of benzene rings is 1. The second-order valence-corrected chi connectivity index (χ2v) is 7.04. The first kappa shape index (κ1) is 20.4. The van der Waals surface area contributed by atoms with Gasteiger partial charge in [-0.15, -0.1) is 0 Å². The van der Waals surface area contributed by atoms with Crippen molar-refractivity contribution in [1.29, 1.82) is 0 Å². The minimum Gasteiger partial charge on any atom is -0.475 e. The molecule has 0 saturated heterocycles. The van der Waals surface area contributed by atoms with Gasteiger partial charge in [0, 0.05) is 32.9 Å². The Morgan fingerprint density at radius 2 is 1.93 bits per heavy atom. The Hall–Kier alpha value is -3.35.